The van der Waals surface area contributed by atoms with E-state index in [0.29, 0.717) is 5.15 Å². The van der Waals surface area contributed by atoms with Gasteiger partial charge < -0.3 is 0 Å². The molecule has 1 saturated carbocycles. The van der Waals surface area contributed by atoms with Crippen LogP contribution in [-0.2, 0) is 6.54 Å². The molecule has 0 radical (unpaired) electrons. The monoisotopic (exact) mass is 238 g/mol. The third-order valence-corrected chi connectivity index (χ3v) is 3.26. The van der Waals surface area contributed by atoms with Gasteiger partial charge in [-0.2, -0.15) is 0 Å². The molecule has 88 valence electrons. The molecule has 0 amide bonds. The van der Waals surface area contributed by atoms with Crippen molar-refractivity contribution in [3.05, 3.63) is 29.0 Å². The Kier molecular flexibility index (Phi) is 4.19. The topological polar surface area (TPSA) is 16.1 Å². The third kappa shape index (κ3) is 3.46. The zero-order chi connectivity index (χ0) is 11.4. The van der Waals surface area contributed by atoms with E-state index < -0.39 is 0 Å². The minimum Gasteiger partial charge on any atom is -0.296 e. The number of aromatic nitrogens is 1. The van der Waals surface area contributed by atoms with Crippen molar-refractivity contribution < 1.29 is 0 Å². The van der Waals surface area contributed by atoms with Gasteiger partial charge in [-0.15, -0.1) is 0 Å². The number of nitrogens with zero attached hydrogens (tertiary/aromatic N) is 2. The van der Waals surface area contributed by atoms with Crippen LogP contribution in [0.2, 0.25) is 5.15 Å². The average molecular weight is 239 g/mol. The molecular formula is C13H19ClN2. The van der Waals surface area contributed by atoms with Gasteiger partial charge in [-0.25, -0.2) is 4.98 Å². The number of hydrogen-bond acceptors (Lipinski definition) is 2. The molecule has 0 unspecified atom stereocenters. The van der Waals surface area contributed by atoms with Crippen molar-refractivity contribution in [2.75, 3.05) is 6.54 Å². The van der Waals surface area contributed by atoms with Crippen molar-refractivity contribution in [2.24, 2.45) is 0 Å². The molecule has 0 N–H and O–H groups in total. The lowest BCUT2D eigenvalue weighted by molar-refractivity contribution is 0.250. The van der Waals surface area contributed by atoms with Gasteiger partial charge in [-0.3, -0.25) is 4.90 Å². The zero-order valence-corrected chi connectivity index (χ0v) is 10.6. The van der Waals surface area contributed by atoms with E-state index in [1.54, 1.807) is 0 Å². The number of unbranched alkanes of at least 4 members (excludes halogenated alkanes) is 1. The van der Waals surface area contributed by atoms with Gasteiger partial charge in [0.05, 0.1) is 0 Å². The van der Waals surface area contributed by atoms with Crippen LogP contribution in [0.25, 0.3) is 0 Å². The Morgan fingerprint density at radius 1 is 1.44 bits per heavy atom. The summed E-state index contributed by atoms with van der Waals surface area (Å²) in [5.74, 6) is 0. The standard InChI is InChI=1S/C13H19ClN2/c1-2-3-8-16(12-5-6-12)10-11-4-7-13(14)15-9-11/h4,7,9,12H,2-3,5-6,8,10H2,1H3. The molecule has 16 heavy (non-hydrogen) atoms. The van der Waals surface area contributed by atoms with Gasteiger partial charge in [0.1, 0.15) is 5.15 Å². The quantitative estimate of drug-likeness (QED) is 0.706. The molecule has 1 aliphatic rings. The van der Waals surface area contributed by atoms with Gasteiger partial charge in [0, 0.05) is 18.8 Å². The van der Waals surface area contributed by atoms with Crippen molar-refractivity contribution in [3.63, 3.8) is 0 Å². The second kappa shape index (κ2) is 5.65. The van der Waals surface area contributed by atoms with Crippen LogP contribution in [0, 0.1) is 0 Å². The molecule has 0 atom stereocenters. The maximum Gasteiger partial charge on any atom is 0.129 e. The summed E-state index contributed by atoms with van der Waals surface area (Å²) < 4.78 is 0. The first-order chi connectivity index (χ1) is 7.79. The molecule has 1 heterocycles. The fourth-order valence-corrected chi connectivity index (χ4v) is 2.04. The molecule has 0 spiro atoms. The highest BCUT2D eigenvalue weighted by atomic mass is 35.5. The predicted octanol–water partition coefficient (Wildman–Crippen LogP) is 3.50. The summed E-state index contributed by atoms with van der Waals surface area (Å²) in [5.41, 5.74) is 1.27. The zero-order valence-electron chi connectivity index (χ0n) is 9.82. The average Bonchev–Trinajstić information content (AvgIpc) is 3.11. The van der Waals surface area contributed by atoms with E-state index in [-0.39, 0.29) is 0 Å². The van der Waals surface area contributed by atoms with Crippen molar-refractivity contribution in [3.8, 4) is 0 Å². The van der Waals surface area contributed by atoms with Crippen LogP contribution in [0.3, 0.4) is 0 Å². The normalized spacial score (nSPS) is 15.7. The van der Waals surface area contributed by atoms with Crippen LogP contribution in [-0.4, -0.2) is 22.5 Å². The van der Waals surface area contributed by atoms with Gasteiger partial charge >= 0.3 is 0 Å². The highest BCUT2D eigenvalue weighted by Gasteiger charge is 2.28. The van der Waals surface area contributed by atoms with Crippen LogP contribution in [0.5, 0.6) is 0 Å². The van der Waals surface area contributed by atoms with Crippen LogP contribution in [0.1, 0.15) is 38.2 Å². The maximum atomic E-state index is 5.78. The molecule has 0 bridgehead atoms. The smallest absolute Gasteiger partial charge is 0.129 e. The Hall–Kier alpha value is -0.600. The molecule has 1 aliphatic carbocycles. The number of hydrogen-bond donors (Lipinski definition) is 0. The van der Waals surface area contributed by atoms with Crippen LogP contribution < -0.4 is 0 Å². The number of halogens is 1. The van der Waals surface area contributed by atoms with E-state index in [2.05, 4.69) is 22.9 Å². The Balaban J connectivity index is 1.91. The molecule has 1 fully saturated rings. The van der Waals surface area contributed by atoms with E-state index >= 15 is 0 Å². The van der Waals surface area contributed by atoms with Crippen molar-refractivity contribution in [1.82, 2.24) is 9.88 Å². The summed E-state index contributed by atoms with van der Waals surface area (Å²) in [7, 11) is 0. The summed E-state index contributed by atoms with van der Waals surface area (Å²) >= 11 is 5.78. The van der Waals surface area contributed by atoms with E-state index in [0.717, 1.165) is 12.6 Å². The van der Waals surface area contributed by atoms with Crippen LogP contribution in [0.15, 0.2) is 18.3 Å². The molecular weight excluding hydrogens is 220 g/mol. The lowest BCUT2D eigenvalue weighted by atomic mass is 10.2. The highest BCUT2D eigenvalue weighted by molar-refractivity contribution is 6.29. The lowest BCUT2D eigenvalue weighted by Gasteiger charge is -2.21. The van der Waals surface area contributed by atoms with E-state index in [1.807, 2.05) is 12.3 Å². The second-order valence-corrected chi connectivity index (χ2v) is 4.93. The fourth-order valence-electron chi connectivity index (χ4n) is 1.93. The van der Waals surface area contributed by atoms with Gasteiger partial charge in [-0.1, -0.05) is 31.0 Å². The summed E-state index contributed by atoms with van der Waals surface area (Å²) in [5, 5.41) is 0.579. The van der Waals surface area contributed by atoms with Gasteiger partial charge in [0.25, 0.3) is 0 Å². The minimum absolute atomic E-state index is 0.579. The largest absolute Gasteiger partial charge is 0.296 e. The Morgan fingerprint density at radius 2 is 2.25 bits per heavy atom. The predicted molar refractivity (Wildman–Crippen MR) is 67.6 cm³/mol. The molecule has 3 heteroatoms. The summed E-state index contributed by atoms with van der Waals surface area (Å²) in [4.78, 5) is 6.71. The highest BCUT2D eigenvalue weighted by Crippen LogP contribution is 2.28. The molecule has 2 rings (SSSR count). The van der Waals surface area contributed by atoms with Crippen molar-refractivity contribution in [2.45, 2.75) is 45.2 Å². The van der Waals surface area contributed by atoms with Crippen molar-refractivity contribution in [1.29, 1.82) is 0 Å². The molecule has 1 aromatic rings. The SMILES string of the molecule is CCCCN(Cc1ccc(Cl)nc1)C1CC1. The molecule has 0 aliphatic heterocycles. The summed E-state index contributed by atoms with van der Waals surface area (Å²) in [6.07, 6.45) is 7.18. The summed E-state index contributed by atoms with van der Waals surface area (Å²) in [6.45, 7) is 4.48. The first kappa shape index (κ1) is 11.9. The summed E-state index contributed by atoms with van der Waals surface area (Å²) in [6, 6.07) is 4.78. The van der Waals surface area contributed by atoms with Gasteiger partial charge in [0.2, 0.25) is 0 Å². The molecule has 0 aromatic carbocycles. The first-order valence-corrected chi connectivity index (χ1v) is 6.52. The van der Waals surface area contributed by atoms with Crippen molar-refractivity contribution >= 4 is 11.6 Å². The maximum absolute atomic E-state index is 5.78. The van der Waals surface area contributed by atoms with Crippen LogP contribution >= 0.6 is 11.6 Å². The number of rotatable bonds is 6. The van der Waals surface area contributed by atoms with E-state index in [1.165, 1.54) is 37.8 Å². The Morgan fingerprint density at radius 3 is 2.81 bits per heavy atom. The third-order valence-electron chi connectivity index (χ3n) is 3.04. The van der Waals surface area contributed by atoms with Gasteiger partial charge in [-0.05, 0) is 37.4 Å². The van der Waals surface area contributed by atoms with Gasteiger partial charge in [0.15, 0.2) is 0 Å². The molecule has 2 nitrogen and oxygen atoms in total. The van der Waals surface area contributed by atoms with E-state index in [4.69, 9.17) is 11.6 Å². The van der Waals surface area contributed by atoms with Crippen LogP contribution in [0.4, 0.5) is 0 Å². The Bertz CT molecular complexity index is 319. The fraction of sp³-hybridized carbons (Fsp3) is 0.615. The lowest BCUT2D eigenvalue weighted by Crippen LogP contribution is -2.26. The first-order valence-electron chi connectivity index (χ1n) is 6.14. The number of pyridine rings is 1. The Labute approximate surface area is 103 Å². The van der Waals surface area contributed by atoms with E-state index in [9.17, 15) is 0 Å². The molecule has 1 aromatic heterocycles. The second-order valence-electron chi connectivity index (χ2n) is 4.54. The molecule has 0 saturated heterocycles. The minimum atomic E-state index is 0.579.